The number of halogens is 8. The molecule has 2 heterocycles. The molecule has 1 aromatic heterocycles. The van der Waals surface area contributed by atoms with Crippen molar-refractivity contribution in [1.82, 2.24) is 5.32 Å². The fourth-order valence-corrected chi connectivity index (χ4v) is 3.86. The summed E-state index contributed by atoms with van der Waals surface area (Å²) < 4.78 is 65.2. The van der Waals surface area contributed by atoms with Crippen molar-refractivity contribution in [3.63, 3.8) is 0 Å². The maximum atomic E-state index is 11.0. The fraction of sp³-hybridized carbons (Fsp3) is 0.500. The van der Waals surface area contributed by atoms with Crippen LogP contribution in [0.3, 0.4) is 0 Å². The summed E-state index contributed by atoms with van der Waals surface area (Å²) in [5.74, 6) is -5.30. The van der Waals surface area contributed by atoms with E-state index in [1.807, 2.05) is 6.07 Å². The van der Waals surface area contributed by atoms with Gasteiger partial charge in [0.2, 0.25) is 5.91 Å². The lowest BCUT2D eigenvalue weighted by Gasteiger charge is -2.05. The molecule has 0 aliphatic carbocycles. The van der Waals surface area contributed by atoms with Crippen molar-refractivity contribution < 1.29 is 50.9 Å². The Balaban J connectivity index is 0.000000503. The third-order valence-corrected chi connectivity index (χ3v) is 5.73. The molecule has 5 N–H and O–H groups in total. The van der Waals surface area contributed by atoms with Crippen molar-refractivity contribution in [3.05, 3.63) is 19.8 Å². The number of carbonyl (C=O) groups excluding carboxylic acids is 1. The summed E-state index contributed by atoms with van der Waals surface area (Å²) in [6.07, 6.45) is -8.39. The van der Waals surface area contributed by atoms with Crippen LogP contribution in [0.5, 0.6) is 0 Å². The molecule has 0 bridgehead atoms. The molecule has 2 atom stereocenters. The lowest BCUT2D eigenvalue weighted by atomic mass is 10.0. The van der Waals surface area contributed by atoms with Gasteiger partial charge in [-0.1, -0.05) is 11.6 Å². The maximum absolute atomic E-state index is 11.0. The van der Waals surface area contributed by atoms with Crippen LogP contribution < -0.4 is 11.1 Å². The Morgan fingerprint density at radius 3 is 1.87 bits per heavy atom. The molecule has 172 valence electrons. The molecule has 0 radical (unpaired) electrons. The second-order valence-corrected chi connectivity index (χ2v) is 8.20. The Morgan fingerprint density at radius 1 is 1.17 bits per heavy atom. The van der Waals surface area contributed by atoms with Crippen LogP contribution in [0, 0.1) is 5.92 Å². The van der Waals surface area contributed by atoms with Crippen molar-refractivity contribution in [2.24, 2.45) is 11.7 Å². The second-order valence-electron chi connectivity index (χ2n) is 5.61. The van der Waals surface area contributed by atoms with E-state index in [1.54, 1.807) is 11.3 Å². The molecule has 30 heavy (non-hydrogen) atoms. The molecule has 0 spiro atoms. The van der Waals surface area contributed by atoms with E-state index in [0.29, 0.717) is 5.92 Å². The van der Waals surface area contributed by atoms with Crippen LogP contribution in [-0.4, -0.2) is 53.0 Å². The number of alkyl halides is 6. The first-order valence-corrected chi connectivity index (χ1v) is 9.50. The first kappa shape index (κ1) is 28.4. The van der Waals surface area contributed by atoms with E-state index in [1.165, 1.54) is 4.88 Å². The number of primary amides is 1. The van der Waals surface area contributed by atoms with E-state index in [0.717, 1.165) is 28.2 Å². The highest BCUT2D eigenvalue weighted by Gasteiger charge is 2.38. The number of hydrogen-bond donors (Lipinski definition) is 4. The molecular formula is C14H14BrClF6N2O5S. The first-order chi connectivity index (χ1) is 13.4. The molecule has 1 aliphatic rings. The SMILES string of the molecule is NC(=O)C1CC(Cc2cc(Br)c(Cl)s2)CN1.O=C(O)C(F)(F)F.O=C(O)C(F)(F)F. The molecule has 0 aromatic carbocycles. The standard InChI is InChI=1S/C10H12BrClN2OS.2C2HF3O2/c11-7-3-6(16-9(7)12)1-5-2-8(10(13)15)14-4-5;2*3-2(4,5)1(6)7/h3,5,8,14H,1-2,4H2,(H2,13,15);2*(H,6,7). The van der Waals surface area contributed by atoms with E-state index < -0.39 is 24.3 Å². The molecule has 1 aliphatic heterocycles. The predicted molar refractivity (Wildman–Crippen MR) is 97.2 cm³/mol. The van der Waals surface area contributed by atoms with Crippen LogP contribution in [0.4, 0.5) is 26.3 Å². The highest BCUT2D eigenvalue weighted by molar-refractivity contribution is 9.10. The topological polar surface area (TPSA) is 130 Å². The van der Waals surface area contributed by atoms with Crippen LogP contribution in [-0.2, 0) is 20.8 Å². The highest BCUT2D eigenvalue weighted by Crippen LogP contribution is 2.34. The van der Waals surface area contributed by atoms with Gasteiger partial charge in [-0.3, -0.25) is 4.79 Å². The zero-order chi connectivity index (χ0) is 23.9. The van der Waals surface area contributed by atoms with Crippen LogP contribution >= 0.6 is 38.9 Å². The van der Waals surface area contributed by atoms with Crippen LogP contribution in [0.2, 0.25) is 4.34 Å². The van der Waals surface area contributed by atoms with E-state index in [9.17, 15) is 31.1 Å². The Hall–Kier alpha value is -1.58. The van der Waals surface area contributed by atoms with E-state index in [2.05, 4.69) is 21.2 Å². The molecule has 1 fully saturated rings. The van der Waals surface area contributed by atoms with Gasteiger partial charge in [0.1, 0.15) is 4.34 Å². The summed E-state index contributed by atoms with van der Waals surface area (Å²) in [6.45, 7) is 0.848. The van der Waals surface area contributed by atoms with Gasteiger partial charge in [0.05, 0.1) is 6.04 Å². The number of hydrogen-bond acceptors (Lipinski definition) is 5. The van der Waals surface area contributed by atoms with Crippen molar-refractivity contribution in [2.75, 3.05) is 6.54 Å². The van der Waals surface area contributed by atoms with Gasteiger partial charge in [0.25, 0.3) is 0 Å². The number of nitrogens with one attached hydrogen (secondary N) is 1. The number of carboxylic acids is 2. The summed E-state index contributed by atoms with van der Waals surface area (Å²) in [5.41, 5.74) is 5.25. The summed E-state index contributed by atoms with van der Waals surface area (Å²) in [5, 5.41) is 17.4. The van der Waals surface area contributed by atoms with Crippen LogP contribution in [0.25, 0.3) is 0 Å². The van der Waals surface area contributed by atoms with Gasteiger partial charge in [0.15, 0.2) is 0 Å². The minimum absolute atomic E-state index is 0.163. The number of rotatable bonds is 3. The average molecular weight is 552 g/mol. The van der Waals surface area contributed by atoms with Crippen molar-refractivity contribution in [1.29, 1.82) is 0 Å². The third-order valence-electron chi connectivity index (χ3n) is 3.24. The lowest BCUT2D eigenvalue weighted by molar-refractivity contribution is -0.193. The Labute approximate surface area is 182 Å². The van der Waals surface area contributed by atoms with E-state index in [4.69, 9.17) is 37.1 Å². The normalized spacial score (nSPS) is 18.5. The van der Waals surface area contributed by atoms with Gasteiger partial charge in [-0.25, -0.2) is 9.59 Å². The predicted octanol–water partition coefficient (Wildman–Crippen LogP) is 3.44. The monoisotopic (exact) mass is 550 g/mol. The second kappa shape index (κ2) is 11.7. The molecule has 7 nitrogen and oxygen atoms in total. The van der Waals surface area contributed by atoms with Gasteiger partial charge in [-0.2, -0.15) is 26.3 Å². The maximum Gasteiger partial charge on any atom is 0.490 e. The summed E-state index contributed by atoms with van der Waals surface area (Å²) in [7, 11) is 0. The van der Waals surface area contributed by atoms with Gasteiger partial charge in [0, 0.05) is 9.35 Å². The lowest BCUT2D eigenvalue weighted by Crippen LogP contribution is -2.36. The summed E-state index contributed by atoms with van der Waals surface area (Å²) >= 11 is 11.0. The molecule has 1 aromatic rings. The molecule has 1 amide bonds. The number of carbonyl (C=O) groups is 3. The zero-order valence-corrected chi connectivity index (χ0v) is 17.6. The minimum Gasteiger partial charge on any atom is -0.475 e. The molecule has 2 rings (SSSR count). The quantitative estimate of drug-likeness (QED) is 0.426. The fourth-order valence-electron chi connectivity index (χ4n) is 1.96. The van der Waals surface area contributed by atoms with Crippen molar-refractivity contribution in [3.8, 4) is 0 Å². The minimum atomic E-state index is -5.08. The number of carboxylic acid groups (broad SMARTS) is 2. The van der Waals surface area contributed by atoms with Gasteiger partial charge >= 0.3 is 24.3 Å². The van der Waals surface area contributed by atoms with Gasteiger partial charge < -0.3 is 21.3 Å². The van der Waals surface area contributed by atoms with Gasteiger partial charge in [-0.15, -0.1) is 11.3 Å². The summed E-state index contributed by atoms with van der Waals surface area (Å²) in [6, 6.07) is 1.88. The van der Waals surface area contributed by atoms with Crippen molar-refractivity contribution >= 4 is 56.7 Å². The largest absolute Gasteiger partial charge is 0.490 e. The molecule has 2 unspecified atom stereocenters. The molecule has 0 saturated carbocycles. The van der Waals surface area contributed by atoms with E-state index in [-0.39, 0.29) is 11.9 Å². The Bertz CT molecular complexity index is 715. The number of aliphatic carboxylic acids is 2. The van der Waals surface area contributed by atoms with Crippen LogP contribution in [0.15, 0.2) is 10.5 Å². The van der Waals surface area contributed by atoms with Crippen LogP contribution in [0.1, 0.15) is 11.3 Å². The number of nitrogens with two attached hydrogens (primary N) is 1. The molecule has 1 saturated heterocycles. The Morgan fingerprint density at radius 2 is 1.60 bits per heavy atom. The highest BCUT2D eigenvalue weighted by atomic mass is 79.9. The summed E-state index contributed by atoms with van der Waals surface area (Å²) in [4.78, 5) is 30.0. The number of amides is 1. The third kappa shape index (κ3) is 11.0. The van der Waals surface area contributed by atoms with E-state index >= 15 is 0 Å². The van der Waals surface area contributed by atoms with Gasteiger partial charge in [-0.05, 0) is 47.3 Å². The Kier molecular flexibility index (Phi) is 11.1. The first-order valence-electron chi connectivity index (χ1n) is 7.51. The average Bonchev–Trinajstić information content (AvgIpc) is 3.14. The number of thiophene rings is 1. The smallest absolute Gasteiger partial charge is 0.475 e. The molecular weight excluding hydrogens is 538 g/mol. The van der Waals surface area contributed by atoms with Crippen molar-refractivity contribution in [2.45, 2.75) is 31.2 Å². The molecule has 16 heteroatoms. The zero-order valence-electron chi connectivity index (χ0n) is 14.5.